The SMILES string of the molecule is NN/C(Oc1ccc(-c2ccc(OC(F)(F)F)c(F)c2)cc1)=C(\N)C(=O)O. The van der Waals surface area contributed by atoms with E-state index in [9.17, 15) is 22.4 Å². The molecule has 0 bridgehead atoms. The lowest BCUT2D eigenvalue weighted by Crippen LogP contribution is -2.31. The molecule has 27 heavy (non-hydrogen) atoms. The van der Waals surface area contributed by atoms with E-state index in [1.54, 1.807) is 0 Å². The van der Waals surface area contributed by atoms with Crippen molar-refractivity contribution in [3.8, 4) is 22.6 Å². The lowest BCUT2D eigenvalue weighted by Gasteiger charge is -2.12. The lowest BCUT2D eigenvalue weighted by molar-refractivity contribution is -0.275. The highest BCUT2D eigenvalue weighted by Gasteiger charge is 2.32. The maximum atomic E-state index is 13.8. The van der Waals surface area contributed by atoms with Crippen molar-refractivity contribution in [3.05, 3.63) is 59.9 Å². The Bertz CT molecular complexity index is 867. The lowest BCUT2D eigenvalue weighted by atomic mass is 10.1. The molecule has 0 aliphatic heterocycles. The van der Waals surface area contributed by atoms with Gasteiger partial charge in [0.15, 0.2) is 17.3 Å². The predicted octanol–water partition coefficient (Wildman–Crippen LogP) is 2.45. The van der Waals surface area contributed by atoms with Gasteiger partial charge in [-0.05, 0) is 35.4 Å². The van der Waals surface area contributed by atoms with Gasteiger partial charge in [-0.3, -0.25) is 5.43 Å². The molecule has 7 nitrogen and oxygen atoms in total. The van der Waals surface area contributed by atoms with Crippen molar-refractivity contribution in [3.63, 3.8) is 0 Å². The molecule has 2 rings (SSSR count). The Labute approximate surface area is 149 Å². The standard InChI is InChI=1S/C16H13F4N3O4/c17-11-7-9(3-6-12(11)27-16(18,19)20)8-1-4-10(5-2-8)26-14(23-22)13(21)15(24)25/h1-7,23H,21-22H2,(H,24,25)/b14-13+. The Morgan fingerprint density at radius 2 is 1.67 bits per heavy atom. The first-order valence-corrected chi connectivity index (χ1v) is 7.14. The summed E-state index contributed by atoms with van der Waals surface area (Å²) in [5, 5.41) is 8.80. The summed E-state index contributed by atoms with van der Waals surface area (Å²) >= 11 is 0. The van der Waals surface area contributed by atoms with E-state index in [0.29, 0.717) is 5.56 Å². The van der Waals surface area contributed by atoms with Crippen LogP contribution in [0, 0.1) is 5.82 Å². The van der Waals surface area contributed by atoms with Gasteiger partial charge in [0.05, 0.1) is 0 Å². The molecule has 0 aliphatic carbocycles. The van der Waals surface area contributed by atoms with E-state index < -0.39 is 35.5 Å². The second-order valence-corrected chi connectivity index (χ2v) is 5.01. The number of nitrogens with two attached hydrogens (primary N) is 2. The van der Waals surface area contributed by atoms with E-state index in [1.807, 2.05) is 5.43 Å². The van der Waals surface area contributed by atoms with Gasteiger partial charge in [0.1, 0.15) is 5.75 Å². The number of rotatable bonds is 6. The number of hydrogen-bond donors (Lipinski definition) is 4. The zero-order valence-electron chi connectivity index (χ0n) is 13.4. The fourth-order valence-electron chi connectivity index (χ4n) is 1.98. The predicted molar refractivity (Wildman–Crippen MR) is 85.3 cm³/mol. The number of hydrogen-bond acceptors (Lipinski definition) is 6. The van der Waals surface area contributed by atoms with Gasteiger partial charge in [-0.25, -0.2) is 15.0 Å². The first-order valence-electron chi connectivity index (χ1n) is 7.14. The second-order valence-electron chi connectivity index (χ2n) is 5.01. The summed E-state index contributed by atoms with van der Waals surface area (Å²) in [6, 6.07) is 8.73. The topological polar surface area (TPSA) is 120 Å². The summed E-state index contributed by atoms with van der Waals surface area (Å²) in [6.07, 6.45) is -5.00. The zero-order chi connectivity index (χ0) is 20.2. The molecular weight excluding hydrogens is 374 g/mol. The van der Waals surface area contributed by atoms with Crippen molar-refractivity contribution in [2.45, 2.75) is 6.36 Å². The van der Waals surface area contributed by atoms with Crippen LogP contribution in [0.3, 0.4) is 0 Å². The number of carboxylic acids is 1. The average Bonchev–Trinajstić information content (AvgIpc) is 2.60. The second kappa shape index (κ2) is 7.83. The van der Waals surface area contributed by atoms with Gasteiger partial charge < -0.3 is 20.3 Å². The van der Waals surface area contributed by atoms with Crippen LogP contribution in [0.2, 0.25) is 0 Å². The normalized spacial score (nSPS) is 12.2. The van der Waals surface area contributed by atoms with Crippen LogP contribution in [0.25, 0.3) is 11.1 Å². The smallest absolute Gasteiger partial charge is 0.476 e. The molecule has 0 heterocycles. The molecule has 0 unspecified atom stereocenters. The Morgan fingerprint density at radius 3 is 2.15 bits per heavy atom. The van der Waals surface area contributed by atoms with E-state index >= 15 is 0 Å². The maximum Gasteiger partial charge on any atom is 0.573 e. The zero-order valence-corrected chi connectivity index (χ0v) is 13.4. The number of benzene rings is 2. The van der Waals surface area contributed by atoms with E-state index in [4.69, 9.17) is 21.4 Å². The number of ether oxygens (including phenoxy) is 2. The molecule has 0 fully saturated rings. The van der Waals surface area contributed by atoms with Gasteiger partial charge in [-0.1, -0.05) is 18.2 Å². The monoisotopic (exact) mass is 387 g/mol. The number of aliphatic carboxylic acids is 1. The van der Waals surface area contributed by atoms with Crippen molar-refractivity contribution >= 4 is 5.97 Å². The third-order valence-corrected chi connectivity index (χ3v) is 3.17. The van der Waals surface area contributed by atoms with Crippen LogP contribution >= 0.6 is 0 Å². The third-order valence-electron chi connectivity index (χ3n) is 3.17. The minimum absolute atomic E-state index is 0.161. The van der Waals surface area contributed by atoms with E-state index in [2.05, 4.69) is 4.74 Å². The Hall–Kier alpha value is -3.47. The first kappa shape index (κ1) is 19.8. The van der Waals surface area contributed by atoms with Crippen molar-refractivity contribution < 1.29 is 36.9 Å². The van der Waals surface area contributed by atoms with Gasteiger partial charge in [-0.15, -0.1) is 13.2 Å². The molecule has 0 radical (unpaired) electrons. The molecule has 2 aromatic carbocycles. The van der Waals surface area contributed by atoms with Crippen LogP contribution in [0.4, 0.5) is 17.6 Å². The van der Waals surface area contributed by atoms with Gasteiger partial charge in [0.25, 0.3) is 0 Å². The van der Waals surface area contributed by atoms with Crippen LogP contribution in [-0.2, 0) is 4.79 Å². The molecule has 6 N–H and O–H groups in total. The minimum atomic E-state index is -5.00. The number of alkyl halides is 3. The highest BCUT2D eigenvalue weighted by atomic mass is 19.4. The summed E-state index contributed by atoms with van der Waals surface area (Å²) < 4.78 is 59.0. The summed E-state index contributed by atoms with van der Waals surface area (Å²) in [5.41, 5.74) is 7.39. The van der Waals surface area contributed by atoms with Gasteiger partial charge in [-0.2, -0.15) is 0 Å². The molecule has 0 atom stereocenters. The van der Waals surface area contributed by atoms with Crippen LogP contribution < -0.4 is 26.5 Å². The molecular formula is C16H13F4N3O4. The van der Waals surface area contributed by atoms with Crippen molar-refractivity contribution in [1.82, 2.24) is 5.43 Å². The molecule has 144 valence electrons. The molecule has 11 heteroatoms. The quantitative estimate of drug-likeness (QED) is 0.198. The molecule has 0 aliphatic rings. The Balaban J connectivity index is 2.21. The summed E-state index contributed by atoms with van der Waals surface area (Å²) in [7, 11) is 0. The van der Waals surface area contributed by atoms with Gasteiger partial charge >= 0.3 is 12.3 Å². The van der Waals surface area contributed by atoms with Crippen LogP contribution in [-0.4, -0.2) is 17.4 Å². The molecule has 0 spiro atoms. The fourth-order valence-corrected chi connectivity index (χ4v) is 1.98. The fraction of sp³-hybridized carbons (Fsp3) is 0.0625. The summed E-state index contributed by atoms with van der Waals surface area (Å²) in [4.78, 5) is 10.8. The third kappa shape index (κ3) is 5.25. The van der Waals surface area contributed by atoms with Crippen LogP contribution in [0.15, 0.2) is 54.0 Å². The first-order chi connectivity index (χ1) is 12.6. The number of hydrazine groups is 1. The highest BCUT2D eigenvalue weighted by Crippen LogP contribution is 2.30. The van der Waals surface area contributed by atoms with Crippen LogP contribution in [0.5, 0.6) is 11.5 Å². The van der Waals surface area contributed by atoms with Crippen molar-refractivity contribution in [2.75, 3.05) is 0 Å². The molecule has 2 aromatic rings. The average molecular weight is 387 g/mol. The Kier molecular flexibility index (Phi) is 5.75. The molecule has 0 saturated heterocycles. The highest BCUT2D eigenvalue weighted by molar-refractivity contribution is 5.85. The van der Waals surface area contributed by atoms with E-state index in [0.717, 1.165) is 12.1 Å². The number of carboxylic acid groups (broad SMARTS) is 1. The van der Waals surface area contributed by atoms with Crippen molar-refractivity contribution in [1.29, 1.82) is 0 Å². The van der Waals surface area contributed by atoms with Crippen LogP contribution in [0.1, 0.15) is 0 Å². The van der Waals surface area contributed by atoms with E-state index in [1.165, 1.54) is 30.3 Å². The van der Waals surface area contributed by atoms with Crippen molar-refractivity contribution in [2.24, 2.45) is 11.6 Å². The number of nitrogens with one attached hydrogen (secondary N) is 1. The Morgan fingerprint density at radius 1 is 1.07 bits per heavy atom. The van der Waals surface area contributed by atoms with E-state index in [-0.39, 0.29) is 11.3 Å². The summed E-state index contributed by atoms with van der Waals surface area (Å²) in [6.45, 7) is 0. The largest absolute Gasteiger partial charge is 0.573 e. The van der Waals surface area contributed by atoms with Gasteiger partial charge in [0, 0.05) is 0 Å². The van der Waals surface area contributed by atoms with Gasteiger partial charge in [0.2, 0.25) is 5.88 Å². The minimum Gasteiger partial charge on any atom is -0.476 e. The number of halogens is 4. The maximum absolute atomic E-state index is 13.8. The number of carbonyl (C=O) groups is 1. The molecule has 0 saturated carbocycles. The summed E-state index contributed by atoms with van der Waals surface area (Å²) in [5.74, 6) is 1.34. The molecule has 0 amide bonds. The molecule has 0 aromatic heterocycles.